The number of benzene rings is 1. The molecule has 1 heterocycles. The molecule has 2 nitrogen and oxygen atoms in total. The molecule has 0 aliphatic carbocycles. The standard InChI is InChI=1S/C18H29ClN2/c1-4-18(16-6-8-17(19)9-7-16)20-14(3)15-10-12-21(5-2)13-11-15/h6-9,14-15,18,20H,4-5,10-13H2,1-3H3. The number of hydrogen-bond donors (Lipinski definition) is 1. The smallest absolute Gasteiger partial charge is 0.0406 e. The average Bonchev–Trinajstić information content (AvgIpc) is 2.53. The maximum Gasteiger partial charge on any atom is 0.0406 e. The van der Waals surface area contributed by atoms with Gasteiger partial charge in [-0.3, -0.25) is 0 Å². The molecule has 1 aliphatic rings. The van der Waals surface area contributed by atoms with E-state index in [1.807, 2.05) is 12.1 Å². The van der Waals surface area contributed by atoms with Crippen molar-refractivity contribution in [2.45, 2.75) is 52.1 Å². The lowest BCUT2D eigenvalue weighted by Gasteiger charge is -2.36. The molecule has 1 fully saturated rings. The molecule has 1 aromatic carbocycles. The maximum atomic E-state index is 5.99. The number of nitrogens with one attached hydrogen (secondary N) is 1. The van der Waals surface area contributed by atoms with Crippen LogP contribution in [0.5, 0.6) is 0 Å². The quantitative estimate of drug-likeness (QED) is 0.832. The van der Waals surface area contributed by atoms with Crippen molar-refractivity contribution in [3.8, 4) is 0 Å². The van der Waals surface area contributed by atoms with Crippen molar-refractivity contribution in [2.24, 2.45) is 5.92 Å². The number of piperidine rings is 1. The second-order valence-electron chi connectivity index (χ2n) is 6.24. The molecule has 1 aliphatic heterocycles. The van der Waals surface area contributed by atoms with E-state index in [1.165, 1.54) is 38.0 Å². The summed E-state index contributed by atoms with van der Waals surface area (Å²) in [5, 5.41) is 4.66. The van der Waals surface area contributed by atoms with E-state index in [2.05, 4.69) is 43.1 Å². The molecule has 2 rings (SSSR count). The van der Waals surface area contributed by atoms with Gasteiger partial charge in [-0.25, -0.2) is 0 Å². The van der Waals surface area contributed by atoms with Gasteiger partial charge in [0.2, 0.25) is 0 Å². The maximum absolute atomic E-state index is 5.99. The molecule has 1 aromatic rings. The molecule has 0 aromatic heterocycles. The summed E-state index contributed by atoms with van der Waals surface area (Å²) in [6.45, 7) is 10.6. The van der Waals surface area contributed by atoms with Crippen molar-refractivity contribution < 1.29 is 0 Å². The fraction of sp³-hybridized carbons (Fsp3) is 0.667. The third-order valence-corrected chi connectivity index (χ3v) is 5.18. The highest BCUT2D eigenvalue weighted by Crippen LogP contribution is 2.25. The molecule has 0 radical (unpaired) electrons. The number of likely N-dealkylation sites (tertiary alicyclic amines) is 1. The summed E-state index contributed by atoms with van der Waals surface area (Å²) in [5.74, 6) is 0.800. The lowest BCUT2D eigenvalue weighted by Crippen LogP contribution is -2.42. The lowest BCUT2D eigenvalue weighted by molar-refractivity contribution is 0.164. The van der Waals surface area contributed by atoms with Crippen molar-refractivity contribution >= 4 is 11.6 Å². The van der Waals surface area contributed by atoms with Gasteiger partial charge in [0, 0.05) is 17.1 Å². The number of hydrogen-bond acceptors (Lipinski definition) is 2. The van der Waals surface area contributed by atoms with Crippen LogP contribution in [0.3, 0.4) is 0 Å². The van der Waals surface area contributed by atoms with E-state index in [0.717, 1.165) is 17.4 Å². The zero-order valence-corrected chi connectivity index (χ0v) is 14.4. The lowest BCUT2D eigenvalue weighted by atomic mass is 9.89. The fourth-order valence-electron chi connectivity index (χ4n) is 3.37. The molecule has 21 heavy (non-hydrogen) atoms. The van der Waals surface area contributed by atoms with Crippen molar-refractivity contribution in [2.75, 3.05) is 19.6 Å². The monoisotopic (exact) mass is 308 g/mol. The van der Waals surface area contributed by atoms with Gasteiger partial charge in [-0.2, -0.15) is 0 Å². The molecule has 3 heteroatoms. The molecule has 0 bridgehead atoms. The first-order valence-corrected chi connectivity index (χ1v) is 8.75. The van der Waals surface area contributed by atoms with Crippen LogP contribution >= 0.6 is 11.6 Å². The molecular weight excluding hydrogens is 280 g/mol. The highest BCUT2D eigenvalue weighted by atomic mass is 35.5. The summed E-state index contributed by atoms with van der Waals surface area (Å²) in [6, 6.07) is 9.29. The van der Waals surface area contributed by atoms with E-state index >= 15 is 0 Å². The molecule has 2 atom stereocenters. The summed E-state index contributed by atoms with van der Waals surface area (Å²) >= 11 is 5.99. The predicted octanol–water partition coefficient (Wildman–Crippen LogP) is 4.50. The molecule has 0 amide bonds. The Bertz CT molecular complexity index is 410. The van der Waals surface area contributed by atoms with Crippen molar-refractivity contribution in [1.82, 2.24) is 10.2 Å². The minimum atomic E-state index is 0.432. The number of nitrogens with zero attached hydrogens (tertiary/aromatic N) is 1. The summed E-state index contributed by atoms with van der Waals surface area (Å²) in [7, 11) is 0. The van der Waals surface area contributed by atoms with Crippen LogP contribution in [-0.4, -0.2) is 30.6 Å². The highest BCUT2D eigenvalue weighted by molar-refractivity contribution is 6.30. The number of rotatable bonds is 6. The molecule has 0 saturated carbocycles. The molecule has 1 saturated heterocycles. The Hall–Kier alpha value is -0.570. The van der Waals surface area contributed by atoms with E-state index < -0.39 is 0 Å². The van der Waals surface area contributed by atoms with E-state index in [4.69, 9.17) is 11.6 Å². The van der Waals surface area contributed by atoms with Crippen molar-refractivity contribution in [3.05, 3.63) is 34.9 Å². The Morgan fingerprint density at radius 3 is 2.33 bits per heavy atom. The van der Waals surface area contributed by atoms with Crippen LogP contribution in [0.4, 0.5) is 0 Å². The molecular formula is C18H29ClN2. The third kappa shape index (κ3) is 4.70. The minimum absolute atomic E-state index is 0.432. The SMILES string of the molecule is CCC(NC(C)C1CCN(CC)CC1)c1ccc(Cl)cc1. The van der Waals surface area contributed by atoms with Crippen molar-refractivity contribution in [3.63, 3.8) is 0 Å². The number of halogens is 1. The van der Waals surface area contributed by atoms with E-state index in [0.29, 0.717) is 12.1 Å². The van der Waals surface area contributed by atoms with Crippen LogP contribution in [0, 0.1) is 5.92 Å². The van der Waals surface area contributed by atoms with E-state index in [1.54, 1.807) is 0 Å². The van der Waals surface area contributed by atoms with Crippen LogP contribution < -0.4 is 5.32 Å². The Balaban J connectivity index is 1.90. The summed E-state index contributed by atoms with van der Waals surface area (Å²) in [6.07, 6.45) is 3.75. The van der Waals surface area contributed by atoms with Gasteiger partial charge in [-0.15, -0.1) is 0 Å². The Morgan fingerprint density at radius 2 is 1.81 bits per heavy atom. The van der Waals surface area contributed by atoms with Gasteiger partial charge in [0.05, 0.1) is 0 Å². The first kappa shape index (κ1) is 16.8. The zero-order chi connectivity index (χ0) is 15.2. The molecule has 1 N–H and O–H groups in total. The fourth-order valence-corrected chi connectivity index (χ4v) is 3.49. The Kier molecular flexibility index (Phi) is 6.53. The minimum Gasteiger partial charge on any atom is -0.307 e. The van der Waals surface area contributed by atoms with Crippen LogP contribution in [0.15, 0.2) is 24.3 Å². The zero-order valence-electron chi connectivity index (χ0n) is 13.6. The summed E-state index contributed by atoms with van der Waals surface area (Å²) in [5.41, 5.74) is 1.35. The molecule has 118 valence electrons. The Morgan fingerprint density at radius 1 is 1.19 bits per heavy atom. The summed E-state index contributed by atoms with van der Waals surface area (Å²) < 4.78 is 0. The predicted molar refractivity (Wildman–Crippen MR) is 91.9 cm³/mol. The second-order valence-corrected chi connectivity index (χ2v) is 6.68. The van der Waals surface area contributed by atoms with Crippen molar-refractivity contribution in [1.29, 1.82) is 0 Å². The topological polar surface area (TPSA) is 15.3 Å². The van der Waals surface area contributed by atoms with Gasteiger partial charge in [0.1, 0.15) is 0 Å². The first-order chi connectivity index (χ1) is 10.1. The van der Waals surface area contributed by atoms with Gasteiger partial charge in [0.15, 0.2) is 0 Å². The van der Waals surface area contributed by atoms with Gasteiger partial charge in [-0.05, 0) is 69.4 Å². The van der Waals surface area contributed by atoms with Gasteiger partial charge >= 0.3 is 0 Å². The normalized spacial score (nSPS) is 20.4. The van der Waals surface area contributed by atoms with Gasteiger partial charge in [0.25, 0.3) is 0 Å². The van der Waals surface area contributed by atoms with Gasteiger partial charge < -0.3 is 10.2 Å². The van der Waals surface area contributed by atoms with Crippen LogP contribution in [-0.2, 0) is 0 Å². The molecule has 2 unspecified atom stereocenters. The second kappa shape index (κ2) is 8.17. The Labute approximate surface area is 134 Å². The van der Waals surface area contributed by atoms with Crippen LogP contribution in [0.25, 0.3) is 0 Å². The molecule has 0 spiro atoms. The van der Waals surface area contributed by atoms with E-state index in [-0.39, 0.29) is 0 Å². The first-order valence-electron chi connectivity index (χ1n) is 8.37. The van der Waals surface area contributed by atoms with Gasteiger partial charge in [-0.1, -0.05) is 37.6 Å². The summed E-state index contributed by atoms with van der Waals surface area (Å²) in [4.78, 5) is 2.56. The van der Waals surface area contributed by atoms with Crippen LogP contribution in [0.2, 0.25) is 5.02 Å². The highest BCUT2D eigenvalue weighted by Gasteiger charge is 2.24. The average molecular weight is 309 g/mol. The van der Waals surface area contributed by atoms with Crippen LogP contribution in [0.1, 0.15) is 51.6 Å². The third-order valence-electron chi connectivity index (χ3n) is 4.93. The van der Waals surface area contributed by atoms with E-state index in [9.17, 15) is 0 Å². The largest absolute Gasteiger partial charge is 0.307 e.